The number of anilines is 1. The topological polar surface area (TPSA) is 35.6 Å². The molecule has 0 unspecified atom stereocenters. The minimum atomic E-state index is -0.158. The summed E-state index contributed by atoms with van der Waals surface area (Å²) < 4.78 is 0. The Balaban J connectivity index is 0.000000534. The van der Waals surface area contributed by atoms with Crippen molar-refractivity contribution in [2.75, 3.05) is 44.2 Å². The fourth-order valence-corrected chi connectivity index (χ4v) is 3.63. The molecule has 0 atom stereocenters. The Bertz CT molecular complexity index is 875. The second kappa shape index (κ2) is 14.4. The molecule has 3 aromatic carbocycles. The summed E-state index contributed by atoms with van der Waals surface area (Å²) in [6, 6.07) is 28.3. The van der Waals surface area contributed by atoms with Gasteiger partial charge in [0.15, 0.2) is 0 Å². The van der Waals surface area contributed by atoms with Crippen molar-refractivity contribution in [1.29, 1.82) is 0 Å². The van der Waals surface area contributed by atoms with Crippen molar-refractivity contribution >= 4 is 34.8 Å². The van der Waals surface area contributed by atoms with Gasteiger partial charge in [-0.25, -0.2) is 0 Å². The molecule has 0 bridgehead atoms. The Hall–Kier alpha value is -1.75. The summed E-state index contributed by atoms with van der Waals surface area (Å²) in [5, 5.41) is 4.10. The van der Waals surface area contributed by atoms with Gasteiger partial charge in [-0.05, 0) is 38.1 Å². The van der Waals surface area contributed by atoms with Gasteiger partial charge in [-0.15, -0.1) is 0 Å². The Labute approximate surface area is 211 Å². The van der Waals surface area contributed by atoms with Crippen LogP contribution in [0.15, 0.2) is 24.3 Å². The van der Waals surface area contributed by atoms with E-state index in [0.717, 1.165) is 51.3 Å². The van der Waals surface area contributed by atoms with Gasteiger partial charge < -0.3 is 75.2 Å². The predicted octanol–water partition coefficient (Wildman–Crippen LogP) is 3.85. The number of rotatable bonds is 7. The molecule has 0 aliphatic carbocycles. The summed E-state index contributed by atoms with van der Waals surface area (Å²) in [6.07, 6.45) is 1.99. The minimum absolute atomic E-state index is 0. The number of carbonyl (C=O) groups is 1. The largest absolute Gasteiger partial charge is 0.999 e. The zero-order valence-corrected chi connectivity index (χ0v) is 20.0. The van der Waals surface area contributed by atoms with Crippen molar-refractivity contribution in [3.63, 3.8) is 0 Å². The average Bonchev–Trinajstić information content (AvgIpc) is 3.53. The van der Waals surface area contributed by atoms with Crippen LogP contribution in [-0.4, -0.2) is 50.1 Å². The minimum Gasteiger partial charge on any atom is -0.999 e. The summed E-state index contributed by atoms with van der Waals surface area (Å²) in [4.78, 5) is 16.5. The van der Waals surface area contributed by atoms with Crippen LogP contribution in [0.3, 0.4) is 0 Å². The number of unbranched alkanes of at least 4 members (excludes halogenated alkanes) is 1. The first-order valence-corrected chi connectivity index (χ1v) is 10.8. The van der Waals surface area contributed by atoms with Crippen LogP contribution in [0.1, 0.15) is 23.2 Å². The first-order chi connectivity index (χ1) is 15.1. The van der Waals surface area contributed by atoms with Crippen LogP contribution in [0.2, 0.25) is 10.0 Å². The Morgan fingerprint density at radius 3 is 2.34 bits per heavy atom. The Morgan fingerprint density at radius 2 is 1.72 bits per heavy atom. The van der Waals surface area contributed by atoms with Crippen molar-refractivity contribution in [1.82, 2.24) is 10.2 Å². The molecule has 1 fully saturated rings. The van der Waals surface area contributed by atoms with Gasteiger partial charge in [0.2, 0.25) is 0 Å². The number of nitrogens with one attached hydrogen (secondary N) is 1. The molecule has 1 N–H and O–H groups in total. The zero-order chi connectivity index (χ0) is 21.9. The molecular weight excluding hydrogens is 485 g/mol. The second-order valence-electron chi connectivity index (χ2n) is 6.92. The number of halogens is 2. The third-order valence-corrected chi connectivity index (χ3v) is 5.66. The molecule has 32 heavy (non-hydrogen) atoms. The normalized spacial score (nSPS) is 13.6. The van der Waals surface area contributed by atoms with Gasteiger partial charge in [0, 0.05) is 43.2 Å². The van der Waals surface area contributed by atoms with Crippen molar-refractivity contribution in [3.8, 4) is 0 Å². The third kappa shape index (κ3) is 8.31. The molecular formula is C25H21Cl2FeN3O-10. The van der Waals surface area contributed by atoms with E-state index in [4.69, 9.17) is 23.2 Å². The number of hydrogen-bond acceptors (Lipinski definition) is 3. The van der Waals surface area contributed by atoms with Gasteiger partial charge in [-0.1, -0.05) is 29.3 Å². The van der Waals surface area contributed by atoms with Crippen molar-refractivity contribution < 1.29 is 21.9 Å². The number of benzene rings is 1. The molecule has 1 amide bonds. The molecule has 3 aromatic rings. The maximum atomic E-state index is 11.7. The van der Waals surface area contributed by atoms with Gasteiger partial charge >= 0.3 is 0 Å². The van der Waals surface area contributed by atoms with Gasteiger partial charge in [0.25, 0.3) is 0 Å². The quantitative estimate of drug-likeness (QED) is 0.301. The summed E-state index contributed by atoms with van der Waals surface area (Å²) in [5.41, 5.74) is 1.39. The van der Waals surface area contributed by atoms with Crippen LogP contribution in [0.25, 0.3) is 0 Å². The van der Waals surface area contributed by atoms with Crippen LogP contribution in [0, 0.1) is 48.5 Å². The Morgan fingerprint density at radius 1 is 1.03 bits per heavy atom. The zero-order valence-electron chi connectivity index (χ0n) is 17.4. The molecule has 7 heteroatoms. The number of carbonyl (C=O) groups excluding carboxylic acids is 1. The van der Waals surface area contributed by atoms with Crippen LogP contribution in [0.5, 0.6) is 0 Å². The van der Waals surface area contributed by atoms with Crippen molar-refractivity contribution in [2.24, 2.45) is 0 Å². The van der Waals surface area contributed by atoms with Gasteiger partial charge in [0.05, 0.1) is 15.7 Å². The number of amides is 1. The third-order valence-electron chi connectivity index (χ3n) is 4.85. The van der Waals surface area contributed by atoms with E-state index in [0.29, 0.717) is 22.2 Å². The molecule has 0 radical (unpaired) electrons. The first kappa shape index (κ1) is 26.5. The van der Waals surface area contributed by atoms with Crippen LogP contribution in [-0.2, 0) is 17.1 Å². The molecule has 1 heterocycles. The molecule has 1 saturated heterocycles. The van der Waals surface area contributed by atoms with E-state index in [-0.39, 0.29) is 23.0 Å². The molecule has 1 aliphatic heterocycles. The SMILES string of the molecule is O=C(NCCCCN1CCN(c2cccc(Cl)c2Cl)CC1)[c-]1[c-][c-][c-][c-]1.[Fe].[c-]1[c-][c-][cH-][c-]1. The standard InChI is InChI=1S/C20H20Cl2N3O.C5H.Fe/c21-17-8-5-9-18(19(17)22)25-14-12-24(13-15-25)11-4-3-10-23-20(26)16-6-1-2-7-16;1-2-4-5-3-1;/h5,8-9H,3-4,10-15H2,(H,23,26);1H;/q2*-5;. The molecule has 0 saturated carbocycles. The van der Waals surface area contributed by atoms with Gasteiger partial charge in [0.1, 0.15) is 0 Å². The summed E-state index contributed by atoms with van der Waals surface area (Å²) >= 11 is 12.4. The molecule has 174 valence electrons. The number of nitrogens with zero attached hydrogens (tertiary/aromatic N) is 2. The summed E-state index contributed by atoms with van der Waals surface area (Å²) in [7, 11) is 0. The van der Waals surface area contributed by atoms with Crippen LogP contribution < -0.4 is 10.2 Å². The monoisotopic (exact) mass is 505 g/mol. The van der Waals surface area contributed by atoms with Crippen molar-refractivity contribution in [2.45, 2.75) is 12.8 Å². The Kier molecular flexibility index (Phi) is 11.9. The van der Waals surface area contributed by atoms with E-state index < -0.39 is 0 Å². The van der Waals surface area contributed by atoms with Crippen LogP contribution >= 0.6 is 23.2 Å². The maximum Gasteiger partial charge on any atom is 0.0825 e. The molecule has 0 spiro atoms. The van der Waals surface area contributed by atoms with Gasteiger partial charge in [-0.2, -0.15) is 5.91 Å². The van der Waals surface area contributed by atoms with E-state index in [2.05, 4.69) is 63.6 Å². The molecule has 0 aromatic heterocycles. The van der Waals surface area contributed by atoms with Crippen LogP contribution in [0.4, 0.5) is 5.69 Å². The molecule has 4 nitrogen and oxygen atoms in total. The smallest absolute Gasteiger partial charge is 0.0825 e. The number of piperazine rings is 1. The van der Waals surface area contributed by atoms with E-state index in [1.54, 1.807) is 6.07 Å². The second-order valence-corrected chi connectivity index (χ2v) is 7.71. The van der Waals surface area contributed by atoms with Gasteiger partial charge in [-0.3, -0.25) is 4.90 Å². The summed E-state index contributed by atoms with van der Waals surface area (Å²) in [6.45, 7) is 5.56. The predicted molar refractivity (Wildman–Crippen MR) is 121 cm³/mol. The van der Waals surface area contributed by atoms with Crippen molar-refractivity contribution in [3.05, 3.63) is 88.4 Å². The fourth-order valence-electron chi connectivity index (χ4n) is 3.21. The van der Waals surface area contributed by atoms with E-state index in [1.807, 2.05) is 18.2 Å². The fraction of sp³-hybridized carbons (Fsp3) is 0.320. The molecule has 1 aliphatic rings. The molecule has 4 rings (SSSR count). The average molecular weight is 506 g/mol. The van der Waals surface area contributed by atoms with E-state index >= 15 is 0 Å². The maximum absolute atomic E-state index is 11.7. The first-order valence-electron chi connectivity index (χ1n) is 10.1. The van der Waals surface area contributed by atoms with E-state index in [1.165, 1.54) is 0 Å². The summed E-state index contributed by atoms with van der Waals surface area (Å²) in [5.74, 6) is -0.158. The van der Waals surface area contributed by atoms with E-state index in [9.17, 15) is 4.79 Å². The number of hydrogen-bond donors (Lipinski definition) is 1.